The zero-order valence-electron chi connectivity index (χ0n) is 10.8. The number of anilines is 1. The minimum atomic E-state index is -0.389. The smallest absolute Gasteiger partial charge is 0.327 e. The largest absolute Gasteiger partial charge is 0.468 e. The number of rotatable bonds is 6. The Kier molecular flexibility index (Phi) is 5.31. The molecule has 18 heavy (non-hydrogen) atoms. The Morgan fingerprint density at radius 1 is 1.56 bits per heavy atom. The number of aromatic nitrogens is 2. The lowest BCUT2D eigenvalue weighted by molar-refractivity contribution is -0.141. The summed E-state index contributed by atoms with van der Waals surface area (Å²) in [6.45, 7) is 2.43. The molecule has 0 aliphatic heterocycles. The minimum absolute atomic E-state index is 0.0262. The quantitative estimate of drug-likeness (QED) is 0.690. The van der Waals surface area contributed by atoms with Gasteiger partial charge in [0.25, 0.3) is 0 Å². The molecule has 0 fully saturated rings. The molecule has 1 amide bonds. The molecule has 1 aromatic rings. The first-order chi connectivity index (χ1) is 8.56. The highest BCUT2D eigenvalue weighted by Crippen LogP contribution is 2.05. The molecule has 0 aliphatic carbocycles. The number of hydrogen-bond donors (Lipinski definition) is 2. The number of nitrogens with zero attached hydrogens (tertiary/aromatic N) is 2. The van der Waals surface area contributed by atoms with Crippen molar-refractivity contribution < 1.29 is 14.3 Å². The molecule has 0 aromatic carbocycles. The lowest BCUT2D eigenvalue weighted by Gasteiger charge is -2.09. The van der Waals surface area contributed by atoms with Gasteiger partial charge in [-0.05, 0) is 7.05 Å². The molecule has 1 aromatic heterocycles. The molecule has 0 bridgehead atoms. The summed E-state index contributed by atoms with van der Waals surface area (Å²) < 4.78 is 5.93. The van der Waals surface area contributed by atoms with Crippen molar-refractivity contribution in [2.45, 2.75) is 13.5 Å². The molecular weight excluding hydrogens is 236 g/mol. The van der Waals surface area contributed by atoms with Gasteiger partial charge in [-0.3, -0.25) is 14.3 Å². The third-order valence-electron chi connectivity index (χ3n) is 2.37. The maximum atomic E-state index is 11.7. The number of amides is 1. The van der Waals surface area contributed by atoms with Gasteiger partial charge in [0, 0.05) is 24.7 Å². The molecule has 7 heteroatoms. The number of carbonyl (C=O) groups excluding carboxylic acids is 2. The van der Waals surface area contributed by atoms with Crippen molar-refractivity contribution in [2.24, 2.45) is 5.92 Å². The van der Waals surface area contributed by atoms with E-state index in [-0.39, 0.29) is 24.3 Å². The van der Waals surface area contributed by atoms with E-state index in [2.05, 4.69) is 20.5 Å². The van der Waals surface area contributed by atoms with Crippen LogP contribution in [-0.2, 0) is 20.9 Å². The highest BCUT2D eigenvalue weighted by Gasteiger charge is 2.13. The van der Waals surface area contributed by atoms with Gasteiger partial charge in [0.15, 0.2) is 5.82 Å². The van der Waals surface area contributed by atoms with Crippen molar-refractivity contribution in [1.82, 2.24) is 15.1 Å². The van der Waals surface area contributed by atoms with Gasteiger partial charge in [-0.15, -0.1) is 0 Å². The van der Waals surface area contributed by atoms with Crippen molar-refractivity contribution in [3.05, 3.63) is 12.3 Å². The summed E-state index contributed by atoms with van der Waals surface area (Å²) in [5, 5.41) is 9.64. The van der Waals surface area contributed by atoms with Crippen LogP contribution in [0.3, 0.4) is 0 Å². The molecule has 1 atom stereocenters. The van der Waals surface area contributed by atoms with Crippen LogP contribution in [0, 0.1) is 5.92 Å². The number of hydrogen-bond acceptors (Lipinski definition) is 5. The van der Waals surface area contributed by atoms with E-state index in [1.807, 2.05) is 6.92 Å². The number of ether oxygens (including phenoxy) is 1. The molecule has 0 aliphatic rings. The van der Waals surface area contributed by atoms with E-state index in [0.29, 0.717) is 12.4 Å². The van der Waals surface area contributed by atoms with Crippen molar-refractivity contribution >= 4 is 17.7 Å². The lowest BCUT2D eigenvalue weighted by atomic mass is 10.1. The third kappa shape index (κ3) is 4.17. The minimum Gasteiger partial charge on any atom is -0.468 e. The zero-order valence-corrected chi connectivity index (χ0v) is 10.8. The average molecular weight is 254 g/mol. The van der Waals surface area contributed by atoms with Gasteiger partial charge in [-0.1, -0.05) is 6.92 Å². The molecule has 7 nitrogen and oxygen atoms in total. The molecule has 0 radical (unpaired) electrons. The van der Waals surface area contributed by atoms with Gasteiger partial charge >= 0.3 is 5.97 Å². The van der Waals surface area contributed by atoms with Gasteiger partial charge in [0.1, 0.15) is 6.54 Å². The SMILES string of the molecule is CNCC(C)C(=O)Nc1ccn(CC(=O)OC)n1. The number of methoxy groups -OCH3 is 1. The fourth-order valence-corrected chi connectivity index (χ4v) is 1.36. The molecule has 0 spiro atoms. The molecule has 0 saturated heterocycles. The molecule has 2 N–H and O–H groups in total. The first-order valence-corrected chi connectivity index (χ1v) is 5.62. The summed E-state index contributed by atoms with van der Waals surface area (Å²) in [7, 11) is 3.10. The first kappa shape index (κ1) is 14.2. The highest BCUT2D eigenvalue weighted by molar-refractivity contribution is 5.91. The maximum absolute atomic E-state index is 11.7. The zero-order chi connectivity index (χ0) is 13.5. The summed E-state index contributed by atoms with van der Waals surface area (Å²) in [5.74, 6) is -0.236. The molecule has 1 heterocycles. The normalized spacial score (nSPS) is 11.9. The third-order valence-corrected chi connectivity index (χ3v) is 2.37. The van der Waals surface area contributed by atoms with Crippen molar-refractivity contribution in [3.63, 3.8) is 0 Å². The monoisotopic (exact) mass is 254 g/mol. The van der Waals surface area contributed by atoms with E-state index < -0.39 is 0 Å². The van der Waals surface area contributed by atoms with Crippen LogP contribution < -0.4 is 10.6 Å². The lowest BCUT2D eigenvalue weighted by Crippen LogP contribution is -2.28. The van der Waals surface area contributed by atoms with Gasteiger partial charge in [-0.2, -0.15) is 5.10 Å². The van der Waals surface area contributed by atoms with Gasteiger partial charge < -0.3 is 15.4 Å². The van der Waals surface area contributed by atoms with Crippen LogP contribution >= 0.6 is 0 Å². The second kappa shape index (κ2) is 6.75. The van der Waals surface area contributed by atoms with Crippen LogP contribution in [0.1, 0.15) is 6.92 Å². The van der Waals surface area contributed by atoms with Crippen LogP contribution in [0.15, 0.2) is 12.3 Å². The van der Waals surface area contributed by atoms with Crippen molar-refractivity contribution in [2.75, 3.05) is 26.0 Å². The van der Waals surface area contributed by atoms with Gasteiger partial charge in [0.2, 0.25) is 5.91 Å². The predicted octanol–water partition coefficient (Wildman–Crippen LogP) is -0.150. The van der Waals surface area contributed by atoms with E-state index in [0.717, 1.165) is 0 Å². The molecule has 100 valence electrons. The summed E-state index contributed by atoms with van der Waals surface area (Å²) in [5.41, 5.74) is 0. The van der Waals surface area contributed by atoms with Crippen LogP contribution in [-0.4, -0.2) is 42.4 Å². The van der Waals surface area contributed by atoms with Crippen LogP contribution in [0.25, 0.3) is 0 Å². The average Bonchev–Trinajstić information content (AvgIpc) is 2.76. The number of nitrogens with one attached hydrogen (secondary N) is 2. The van der Waals surface area contributed by atoms with Crippen LogP contribution in [0.5, 0.6) is 0 Å². The Morgan fingerprint density at radius 2 is 2.28 bits per heavy atom. The second-order valence-corrected chi connectivity index (χ2v) is 3.92. The van der Waals surface area contributed by atoms with E-state index in [4.69, 9.17) is 0 Å². The highest BCUT2D eigenvalue weighted by atomic mass is 16.5. The van der Waals surface area contributed by atoms with Crippen LogP contribution in [0.4, 0.5) is 5.82 Å². The fourth-order valence-electron chi connectivity index (χ4n) is 1.36. The van der Waals surface area contributed by atoms with Crippen molar-refractivity contribution in [3.8, 4) is 0 Å². The number of esters is 1. The summed E-state index contributed by atoms with van der Waals surface area (Å²) in [6, 6.07) is 1.63. The summed E-state index contributed by atoms with van der Waals surface area (Å²) in [4.78, 5) is 22.7. The van der Waals surface area contributed by atoms with E-state index in [1.54, 1.807) is 19.3 Å². The fraction of sp³-hybridized carbons (Fsp3) is 0.545. The Morgan fingerprint density at radius 3 is 2.89 bits per heavy atom. The standard InChI is InChI=1S/C11H18N4O3/c1-8(6-12-2)11(17)13-9-4-5-15(14-9)7-10(16)18-3/h4-5,8,12H,6-7H2,1-3H3,(H,13,14,17). The first-order valence-electron chi connectivity index (χ1n) is 5.62. The van der Waals surface area contributed by atoms with E-state index >= 15 is 0 Å². The Balaban J connectivity index is 2.53. The molecule has 0 saturated carbocycles. The van der Waals surface area contributed by atoms with E-state index in [1.165, 1.54) is 11.8 Å². The van der Waals surface area contributed by atoms with E-state index in [9.17, 15) is 9.59 Å². The van der Waals surface area contributed by atoms with Crippen molar-refractivity contribution in [1.29, 1.82) is 0 Å². The second-order valence-electron chi connectivity index (χ2n) is 3.92. The summed E-state index contributed by atoms with van der Waals surface area (Å²) in [6.07, 6.45) is 1.61. The molecular formula is C11H18N4O3. The predicted molar refractivity (Wildman–Crippen MR) is 66.0 cm³/mol. The Hall–Kier alpha value is -1.89. The Labute approximate surface area is 105 Å². The Bertz CT molecular complexity index is 416. The maximum Gasteiger partial charge on any atom is 0.327 e. The molecule has 1 rings (SSSR count). The van der Waals surface area contributed by atoms with Crippen LogP contribution in [0.2, 0.25) is 0 Å². The van der Waals surface area contributed by atoms with Gasteiger partial charge in [0.05, 0.1) is 7.11 Å². The molecule has 1 unspecified atom stereocenters. The number of carbonyl (C=O) groups is 2. The summed E-state index contributed by atoms with van der Waals surface area (Å²) >= 11 is 0. The van der Waals surface area contributed by atoms with Gasteiger partial charge in [-0.25, -0.2) is 0 Å². The topological polar surface area (TPSA) is 85.2 Å².